The van der Waals surface area contributed by atoms with Crippen molar-refractivity contribution in [1.82, 2.24) is 4.90 Å². The predicted molar refractivity (Wildman–Crippen MR) is 71.2 cm³/mol. The van der Waals surface area contributed by atoms with Crippen LogP contribution >= 0.6 is 23.2 Å². The number of hydrogen-bond donors (Lipinski definition) is 0. The number of amides is 1. The van der Waals surface area contributed by atoms with E-state index >= 15 is 0 Å². The number of benzene rings is 1. The summed E-state index contributed by atoms with van der Waals surface area (Å²) in [5.41, 5.74) is 0.394. The van der Waals surface area contributed by atoms with Gasteiger partial charge in [0.1, 0.15) is 5.78 Å². The molecule has 1 aliphatic heterocycles. The minimum atomic E-state index is -0.165. The van der Waals surface area contributed by atoms with E-state index in [1.165, 1.54) is 0 Å². The van der Waals surface area contributed by atoms with E-state index < -0.39 is 0 Å². The summed E-state index contributed by atoms with van der Waals surface area (Å²) in [6.07, 6.45) is 0.408. The SMILES string of the molecule is CC1CN(C(=O)c2cc(Cl)ccc2Cl)CCC1=O. The van der Waals surface area contributed by atoms with Crippen molar-refractivity contribution in [2.45, 2.75) is 13.3 Å². The van der Waals surface area contributed by atoms with Crippen LogP contribution in [-0.2, 0) is 4.79 Å². The van der Waals surface area contributed by atoms with E-state index in [0.29, 0.717) is 35.1 Å². The lowest BCUT2D eigenvalue weighted by atomic mass is 9.98. The number of piperidine rings is 1. The van der Waals surface area contributed by atoms with Crippen LogP contribution in [0.4, 0.5) is 0 Å². The lowest BCUT2D eigenvalue weighted by molar-refractivity contribution is -0.124. The zero-order valence-electron chi connectivity index (χ0n) is 9.95. The Kier molecular flexibility index (Phi) is 3.93. The van der Waals surface area contributed by atoms with Crippen molar-refractivity contribution in [2.24, 2.45) is 5.92 Å². The largest absolute Gasteiger partial charge is 0.337 e. The summed E-state index contributed by atoms with van der Waals surface area (Å²) in [5.74, 6) is -0.0706. The highest BCUT2D eigenvalue weighted by molar-refractivity contribution is 6.35. The van der Waals surface area contributed by atoms with Crippen molar-refractivity contribution >= 4 is 34.9 Å². The highest BCUT2D eigenvalue weighted by Crippen LogP contribution is 2.24. The first-order chi connectivity index (χ1) is 8.49. The molecule has 1 aromatic carbocycles. The van der Waals surface area contributed by atoms with Gasteiger partial charge in [-0.1, -0.05) is 30.1 Å². The number of halogens is 2. The molecule has 1 fully saturated rings. The van der Waals surface area contributed by atoms with Gasteiger partial charge in [-0.3, -0.25) is 9.59 Å². The molecule has 18 heavy (non-hydrogen) atoms. The molecule has 0 radical (unpaired) electrons. The first-order valence-electron chi connectivity index (χ1n) is 5.76. The van der Waals surface area contributed by atoms with Crippen LogP contribution < -0.4 is 0 Å². The van der Waals surface area contributed by atoms with Gasteiger partial charge in [0.25, 0.3) is 5.91 Å². The van der Waals surface area contributed by atoms with Gasteiger partial charge in [-0.2, -0.15) is 0 Å². The van der Waals surface area contributed by atoms with Crippen LogP contribution in [0.25, 0.3) is 0 Å². The summed E-state index contributed by atoms with van der Waals surface area (Å²) in [4.78, 5) is 25.4. The molecule has 5 heteroatoms. The van der Waals surface area contributed by atoms with Gasteiger partial charge in [-0.15, -0.1) is 0 Å². The molecule has 0 N–H and O–H groups in total. The highest BCUT2D eigenvalue weighted by Gasteiger charge is 2.28. The third kappa shape index (κ3) is 2.68. The van der Waals surface area contributed by atoms with Crippen molar-refractivity contribution < 1.29 is 9.59 Å². The number of carbonyl (C=O) groups excluding carboxylic acids is 2. The zero-order chi connectivity index (χ0) is 13.3. The molecule has 2 rings (SSSR count). The highest BCUT2D eigenvalue weighted by atomic mass is 35.5. The molecule has 1 aromatic rings. The fourth-order valence-electron chi connectivity index (χ4n) is 2.03. The smallest absolute Gasteiger partial charge is 0.255 e. The molecule has 1 saturated heterocycles. The van der Waals surface area contributed by atoms with E-state index in [1.807, 2.05) is 6.92 Å². The Morgan fingerprint density at radius 2 is 2.11 bits per heavy atom. The second-order valence-electron chi connectivity index (χ2n) is 4.49. The third-order valence-corrected chi connectivity index (χ3v) is 3.68. The summed E-state index contributed by atoms with van der Waals surface area (Å²) >= 11 is 11.9. The number of carbonyl (C=O) groups is 2. The fourth-order valence-corrected chi connectivity index (χ4v) is 2.40. The summed E-state index contributed by atoms with van der Waals surface area (Å²) < 4.78 is 0. The van der Waals surface area contributed by atoms with Gasteiger partial charge in [-0.25, -0.2) is 0 Å². The van der Waals surface area contributed by atoms with Crippen LogP contribution in [0.1, 0.15) is 23.7 Å². The van der Waals surface area contributed by atoms with Gasteiger partial charge >= 0.3 is 0 Å². The van der Waals surface area contributed by atoms with Crippen LogP contribution in [0, 0.1) is 5.92 Å². The third-order valence-electron chi connectivity index (χ3n) is 3.12. The predicted octanol–water partition coefficient (Wildman–Crippen LogP) is 3.04. The van der Waals surface area contributed by atoms with E-state index in [2.05, 4.69) is 0 Å². The Bertz CT molecular complexity index is 502. The van der Waals surface area contributed by atoms with E-state index in [0.717, 1.165) is 0 Å². The maximum Gasteiger partial charge on any atom is 0.255 e. The average Bonchev–Trinajstić information content (AvgIpc) is 2.35. The average molecular weight is 286 g/mol. The Morgan fingerprint density at radius 1 is 1.39 bits per heavy atom. The molecule has 0 bridgehead atoms. The zero-order valence-corrected chi connectivity index (χ0v) is 11.5. The van der Waals surface area contributed by atoms with Gasteiger partial charge in [0.15, 0.2) is 0 Å². The Morgan fingerprint density at radius 3 is 2.78 bits per heavy atom. The summed E-state index contributed by atoms with van der Waals surface area (Å²) in [5, 5.41) is 0.859. The molecule has 96 valence electrons. The first kappa shape index (κ1) is 13.4. The molecule has 1 unspecified atom stereocenters. The molecule has 1 heterocycles. The lowest BCUT2D eigenvalue weighted by Gasteiger charge is -2.30. The fraction of sp³-hybridized carbons (Fsp3) is 0.385. The number of nitrogens with zero attached hydrogens (tertiary/aromatic N) is 1. The number of hydrogen-bond acceptors (Lipinski definition) is 2. The van der Waals surface area contributed by atoms with E-state index in [1.54, 1.807) is 23.1 Å². The molecular weight excluding hydrogens is 273 g/mol. The van der Waals surface area contributed by atoms with Gasteiger partial charge in [0, 0.05) is 30.5 Å². The number of rotatable bonds is 1. The first-order valence-corrected chi connectivity index (χ1v) is 6.51. The van der Waals surface area contributed by atoms with Gasteiger partial charge in [0.05, 0.1) is 10.6 Å². The Balaban J connectivity index is 2.21. The van der Waals surface area contributed by atoms with Crippen molar-refractivity contribution in [3.63, 3.8) is 0 Å². The van der Waals surface area contributed by atoms with Crippen LogP contribution in [0.3, 0.4) is 0 Å². The molecule has 3 nitrogen and oxygen atoms in total. The minimum Gasteiger partial charge on any atom is -0.337 e. The standard InChI is InChI=1S/C13H13Cl2NO2/c1-8-7-16(5-4-12(8)17)13(18)10-6-9(14)2-3-11(10)15/h2-3,6,8H,4-5,7H2,1H3. The Labute approximate surface area is 116 Å². The topological polar surface area (TPSA) is 37.4 Å². The summed E-state index contributed by atoms with van der Waals surface area (Å²) in [6, 6.07) is 4.81. The van der Waals surface area contributed by atoms with Crippen LogP contribution in [0.2, 0.25) is 10.0 Å². The summed E-state index contributed by atoms with van der Waals surface area (Å²) in [6.45, 7) is 2.73. The van der Waals surface area contributed by atoms with Crippen molar-refractivity contribution in [3.8, 4) is 0 Å². The second-order valence-corrected chi connectivity index (χ2v) is 5.34. The number of Topliss-reactive ketones (excluding diaryl/α,β-unsaturated/α-hetero) is 1. The van der Waals surface area contributed by atoms with Crippen LogP contribution in [0.5, 0.6) is 0 Å². The molecule has 0 aromatic heterocycles. The minimum absolute atomic E-state index is 0.111. The molecule has 0 spiro atoms. The van der Waals surface area contributed by atoms with Gasteiger partial charge < -0.3 is 4.90 Å². The number of ketones is 1. The maximum atomic E-state index is 12.3. The monoisotopic (exact) mass is 285 g/mol. The molecule has 1 atom stereocenters. The summed E-state index contributed by atoms with van der Waals surface area (Å²) in [7, 11) is 0. The van der Waals surface area contributed by atoms with E-state index in [-0.39, 0.29) is 17.6 Å². The quantitative estimate of drug-likeness (QED) is 0.795. The van der Waals surface area contributed by atoms with Crippen molar-refractivity contribution in [3.05, 3.63) is 33.8 Å². The molecular formula is C13H13Cl2NO2. The second kappa shape index (κ2) is 5.29. The van der Waals surface area contributed by atoms with Crippen molar-refractivity contribution in [2.75, 3.05) is 13.1 Å². The molecule has 1 aliphatic rings. The normalized spacial score (nSPS) is 20.1. The van der Waals surface area contributed by atoms with E-state index in [9.17, 15) is 9.59 Å². The van der Waals surface area contributed by atoms with Crippen molar-refractivity contribution in [1.29, 1.82) is 0 Å². The Hall–Kier alpha value is -1.06. The molecule has 0 saturated carbocycles. The number of likely N-dealkylation sites (tertiary alicyclic amines) is 1. The van der Waals surface area contributed by atoms with E-state index in [4.69, 9.17) is 23.2 Å². The maximum absolute atomic E-state index is 12.3. The van der Waals surface area contributed by atoms with Crippen LogP contribution in [-0.4, -0.2) is 29.7 Å². The van der Waals surface area contributed by atoms with Gasteiger partial charge in [0.2, 0.25) is 0 Å². The van der Waals surface area contributed by atoms with Crippen LogP contribution in [0.15, 0.2) is 18.2 Å². The molecule has 1 amide bonds. The molecule has 0 aliphatic carbocycles. The van der Waals surface area contributed by atoms with Gasteiger partial charge in [-0.05, 0) is 18.2 Å². The lowest BCUT2D eigenvalue weighted by Crippen LogP contribution is -2.43.